The largest absolute Gasteiger partial charge is 0.262 e. The molecule has 0 unspecified atom stereocenters. The second-order valence-corrected chi connectivity index (χ2v) is 6.25. The van der Waals surface area contributed by atoms with Crippen molar-refractivity contribution in [3.05, 3.63) is 27.7 Å². The number of hydrogen-bond donors (Lipinski definition) is 0. The molecule has 0 aliphatic heterocycles. The molecule has 15 heavy (non-hydrogen) atoms. The Labute approximate surface area is 105 Å². The Kier molecular flexibility index (Phi) is 4.01. The Morgan fingerprint density at radius 3 is 2.47 bits per heavy atom. The van der Waals surface area contributed by atoms with Crippen molar-refractivity contribution in [3.63, 3.8) is 0 Å². The molecule has 0 spiro atoms. The van der Waals surface area contributed by atoms with Gasteiger partial charge in [0.15, 0.2) is 0 Å². The van der Waals surface area contributed by atoms with Crippen LogP contribution in [0.25, 0.3) is 0 Å². The van der Waals surface area contributed by atoms with Crippen LogP contribution >= 0.6 is 38.2 Å². The molecule has 1 rings (SSSR count). The van der Waals surface area contributed by atoms with Crippen molar-refractivity contribution in [2.75, 3.05) is 0 Å². The second kappa shape index (κ2) is 4.71. The Hall–Kier alpha value is -0.280. The van der Waals surface area contributed by atoms with Crippen LogP contribution in [0.1, 0.15) is 11.1 Å². The fourth-order valence-corrected chi connectivity index (χ4v) is 4.08. The van der Waals surface area contributed by atoms with Gasteiger partial charge in [-0.05, 0) is 33.6 Å². The van der Waals surface area contributed by atoms with Crippen molar-refractivity contribution in [1.29, 1.82) is 5.26 Å². The molecule has 1 aromatic carbocycles. The average Bonchev–Trinajstić information content (AvgIpc) is 2.14. The molecule has 0 radical (unpaired) electrons. The van der Waals surface area contributed by atoms with Crippen LogP contribution in [0.4, 0.5) is 0 Å². The van der Waals surface area contributed by atoms with E-state index < -0.39 is 9.05 Å². The van der Waals surface area contributed by atoms with Crippen molar-refractivity contribution in [3.8, 4) is 6.07 Å². The van der Waals surface area contributed by atoms with Crippen LogP contribution < -0.4 is 0 Å². The summed E-state index contributed by atoms with van der Waals surface area (Å²) in [5.74, 6) is -0.0323. The van der Waals surface area contributed by atoms with Crippen molar-refractivity contribution in [1.82, 2.24) is 0 Å². The molecule has 0 aliphatic carbocycles. The van der Waals surface area contributed by atoms with Gasteiger partial charge in [-0.3, -0.25) is 0 Å². The van der Waals surface area contributed by atoms with Gasteiger partial charge in [-0.1, -0.05) is 0 Å². The predicted octanol–water partition coefficient (Wildman–Crippen LogP) is 2.99. The molecular formula is C8H4BrCl2NO2S. The van der Waals surface area contributed by atoms with E-state index >= 15 is 0 Å². The van der Waals surface area contributed by atoms with Gasteiger partial charge in [0.05, 0.1) is 11.6 Å². The molecule has 0 fully saturated rings. The normalized spacial score (nSPS) is 11.1. The highest BCUT2D eigenvalue weighted by molar-refractivity contribution is 9.10. The highest BCUT2D eigenvalue weighted by Crippen LogP contribution is 2.31. The molecule has 0 heterocycles. The zero-order valence-electron chi connectivity index (χ0n) is 7.17. The number of benzene rings is 1. The van der Waals surface area contributed by atoms with E-state index in [0.717, 1.165) is 0 Å². The molecule has 3 nitrogen and oxygen atoms in total. The minimum atomic E-state index is -3.87. The lowest BCUT2D eigenvalue weighted by Crippen LogP contribution is -1.99. The van der Waals surface area contributed by atoms with Crippen LogP contribution in [0.3, 0.4) is 0 Å². The van der Waals surface area contributed by atoms with E-state index in [-0.39, 0.29) is 15.2 Å². The first-order valence-corrected chi connectivity index (χ1v) is 7.27. The molecule has 0 bridgehead atoms. The summed E-state index contributed by atoms with van der Waals surface area (Å²) in [6.07, 6.45) is 0. The van der Waals surface area contributed by atoms with Gasteiger partial charge in [-0.15, -0.1) is 11.6 Å². The molecule has 80 valence electrons. The Morgan fingerprint density at radius 2 is 2.07 bits per heavy atom. The first kappa shape index (κ1) is 12.8. The Balaban J connectivity index is 3.61. The van der Waals surface area contributed by atoms with Gasteiger partial charge >= 0.3 is 0 Å². The molecule has 0 amide bonds. The van der Waals surface area contributed by atoms with E-state index in [1.165, 1.54) is 12.1 Å². The van der Waals surface area contributed by atoms with Crippen LogP contribution in [0, 0.1) is 11.3 Å². The summed E-state index contributed by atoms with van der Waals surface area (Å²) in [5.41, 5.74) is 0.624. The summed E-state index contributed by atoms with van der Waals surface area (Å²) in [6.45, 7) is 0. The maximum Gasteiger partial charge on any atom is 0.262 e. The Bertz CT molecular complexity index is 536. The van der Waals surface area contributed by atoms with Crippen molar-refractivity contribution in [2.45, 2.75) is 10.8 Å². The maximum atomic E-state index is 11.2. The topological polar surface area (TPSA) is 57.9 Å². The van der Waals surface area contributed by atoms with E-state index in [0.29, 0.717) is 11.1 Å². The molecule has 7 heteroatoms. The summed E-state index contributed by atoms with van der Waals surface area (Å²) < 4.78 is 22.7. The summed E-state index contributed by atoms with van der Waals surface area (Å²) >= 11 is 8.63. The van der Waals surface area contributed by atoms with Crippen LogP contribution in [-0.4, -0.2) is 8.42 Å². The molecule has 0 aliphatic rings. The number of nitrogens with zero attached hydrogens (tertiary/aromatic N) is 1. The number of rotatable bonds is 2. The summed E-state index contributed by atoms with van der Waals surface area (Å²) in [4.78, 5) is -0.0850. The van der Waals surface area contributed by atoms with Crippen molar-refractivity contribution < 1.29 is 8.42 Å². The quantitative estimate of drug-likeness (QED) is 0.619. The molecule has 0 N–H and O–H groups in total. The van der Waals surface area contributed by atoms with Gasteiger partial charge in [-0.25, -0.2) is 8.42 Å². The van der Waals surface area contributed by atoms with Crippen molar-refractivity contribution in [2.24, 2.45) is 0 Å². The Morgan fingerprint density at radius 1 is 1.47 bits per heavy atom. The van der Waals surface area contributed by atoms with Crippen LogP contribution in [-0.2, 0) is 14.9 Å². The second-order valence-electron chi connectivity index (χ2n) is 2.63. The first-order chi connectivity index (χ1) is 6.90. The summed E-state index contributed by atoms with van der Waals surface area (Å²) in [5, 5.41) is 8.68. The van der Waals surface area contributed by atoms with E-state index in [1.807, 2.05) is 6.07 Å². The minimum Gasteiger partial charge on any atom is -0.207 e. The third kappa shape index (κ3) is 2.85. The minimum absolute atomic E-state index is 0.0323. The molecule has 0 aromatic heterocycles. The van der Waals surface area contributed by atoms with Gasteiger partial charge < -0.3 is 0 Å². The van der Waals surface area contributed by atoms with E-state index in [1.54, 1.807) is 0 Å². The van der Waals surface area contributed by atoms with E-state index in [9.17, 15) is 8.42 Å². The predicted molar refractivity (Wildman–Crippen MR) is 61.5 cm³/mol. The summed E-state index contributed by atoms with van der Waals surface area (Å²) in [7, 11) is 1.37. The van der Waals surface area contributed by atoms with Gasteiger partial charge in [-0.2, -0.15) is 5.26 Å². The average molecular weight is 329 g/mol. The number of nitriles is 1. The van der Waals surface area contributed by atoms with Gasteiger partial charge in [0, 0.05) is 21.0 Å². The zero-order chi connectivity index (χ0) is 11.6. The lowest BCUT2D eigenvalue weighted by molar-refractivity contribution is 0.608. The highest BCUT2D eigenvalue weighted by atomic mass is 79.9. The highest BCUT2D eigenvalue weighted by Gasteiger charge is 2.20. The number of alkyl halides is 1. The van der Waals surface area contributed by atoms with Gasteiger partial charge in [0.1, 0.15) is 4.90 Å². The molecule has 0 atom stereocenters. The molecule has 0 saturated carbocycles. The molecule has 0 saturated heterocycles. The lowest BCUT2D eigenvalue weighted by atomic mass is 10.1. The third-order valence-electron chi connectivity index (χ3n) is 1.64. The number of halogens is 3. The molecule has 1 aromatic rings. The standard InChI is InChI=1S/C8H4BrCl2NO2S/c9-7-2-5(4-12)1-6(3-10)8(7)15(11,13)14/h1-2H,3H2. The molecular weight excluding hydrogens is 325 g/mol. The zero-order valence-corrected chi connectivity index (χ0v) is 11.1. The third-order valence-corrected chi connectivity index (χ3v) is 4.25. The number of hydrogen-bond acceptors (Lipinski definition) is 3. The van der Waals surface area contributed by atoms with E-state index in [2.05, 4.69) is 15.9 Å². The lowest BCUT2D eigenvalue weighted by Gasteiger charge is -2.06. The van der Waals surface area contributed by atoms with Gasteiger partial charge in [0.2, 0.25) is 0 Å². The van der Waals surface area contributed by atoms with Crippen molar-refractivity contribution >= 4 is 47.3 Å². The fourth-order valence-electron chi connectivity index (χ4n) is 1.09. The summed E-state index contributed by atoms with van der Waals surface area (Å²) in [6, 6.07) is 4.67. The van der Waals surface area contributed by atoms with Gasteiger partial charge in [0.25, 0.3) is 9.05 Å². The van der Waals surface area contributed by atoms with E-state index in [4.69, 9.17) is 27.5 Å². The SMILES string of the molecule is N#Cc1cc(Br)c(S(=O)(=O)Cl)c(CCl)c1. The fraction of sp³-hybridized carbons (Fsp3) is 0.125. The monoisotopic (exact) mass is 327 g/mol. The van der Waals surface area contributed by atoms with Crippen LogP contribution in [0.2, 0.25) is 0 Å². The first-order valence-electron chi connectivity index (χ1n) is 3.63. The van der Waals surface area contributed by atoms with Crippen LogP contribution in [0.5, 0.6) is 0 Å². The maximum absolute atomic E-state index is 11.2. The van der Waals surface area contributed by atoms with Crippen LogP contribution in [0.15, 0.2) is 21.5 Å². The smallest absolute Gasteiger partial charge is 0.207 e.